The highest BCUT2D eigenvalue weighted by Crippen LogP contribution is 2.36. The molecule has 5 N–H and O–H groups in total. The summed E-state index contributed by atoms with van der Waals surface area (Å²) in [5.41, 5.74) is 1.69. The molecule has 0 fully saturated rings. The number of benzene rings is 3. The molecule has 2 atom stereocenters. The molecule has 3 aromatic carbocycles. The number of halogens is 1. The summed E-state index contributed by atoms with van der Waals surface area (Å²) >= 11 is 1.52. The van der Waals surface area contributed by atoms with Crippen LogP contribution in [-0.4, -0.2) is 73.8 Å². The summed E-state index contributed by atoms with van der Waals surface area (Å²) in [5.74, 6) is -0.724. The Balaban J connectivity index is 0.00000217. The van der Waals surface area contributed by atoms with Crippen LogP contribution < -0.4 is 21.3 Å². The van der Waals surface area contributed by atoms with E-state index in [-0.39, 0.29) is 49.2 Å². The van der Waals surface area contributed by atoms with Gasteiger partial charge < -0.3 is 21.1 Å². The number of nitrogens with one attached hydrogen (secondary N) is 4. The average Bonchev–Trinajstić information content (AvgIpc) is 3.55. The van der Waals surface area contributed by atoms with Crippen molar-refractivity contribution in [1.29, 1.82) is 0 Å². The maximum atomic E-state index is 13.8. The number of sulfonamides is 1. The lowest BCUT2D eigenvalue weighted by Gasteiger charge is -2.31. The summed E-state index contributed by atoms with van der Waals surface area (Å²) in [5, 5.41) is 23.2. The third-order valence-corrected chi connectivity index (χ3v) is 10.6. The van der Waals surface area contributed by atoms with Gasteiger partial charge >= 0.3 is 0 Å². The van der Waals surface area contributed by atoms with Crippen molar-refractivity contribution < 1.29 is 27.5 Å². The van der Waals surface area contributed by atoms with Crippen molar-refractivity contribution in [3.05, 3.63) is 89.7 Å². The summed E-state index contributed by atoms with van der Waals surface area (Å²) in [7, 11) is -3.98. The number of carbonyl (C=O) groups excluding carboxylic acids is 2. The number of amides is 2. The van der Waals surface area contributed by atoms with E-state index in [4.69, 9.17) is 0 Å². The highest BCUT2D eigenvalue weighted by atomic mass is 32.2. The van der Waals surface area contributed by atoms with Gasteiger partial charge in [0.1, 0.15) is 5.82 Å². The lowest BCUT2D eigenvalue weighted by Crippen LogP contribution is -2.53. The van der Waals surface area contributed by atoms with E-state index in [9.17, 15) is 27.5 Å². The molecule has 10 nitrogen and oxygen atoms in total. The largest absolute Gasteiger partial charge is 0.390 e. The first-order valence-electron chi connectivity index (χ1n) is 17.0. The van der Waals surface area contributed by atoms with Crippen LogP contribution in [0, 0.1) is 11.7 Å². The molecule has 3 aromatic rings. The molecule has 1 heterocycles. The quantitative estimate of drug-likeness (QED) is 0.137. The Morgan fingerprint density at radius 1 is 0.980 bits per heavy atom. The van der Waals surface area contributed by atoms with Crippen LogP contribution in [0.1, 0.15) is 59.1 Å². The zero-order chi connectivity index (χ0) is 36.9. The number of rotatable bonds is 16. The van der Waals surface area contributed by atoms with Gasteiger partial charge in [-0.05, 0) is 67.6 Å². The van der Waals surface area contributed by atoms with E-state index in [0.29, 0.717) is 11.4 Å². The molecule has 2 amide bonds. The van der Waals surface area contributed by atoms with E-state index in [1.165, 1.54) is 34.6 Å². The van der Waals surface area contributed by atoms with Crippen LogP contribution in [0.25, 0.3) is 0 Å². The van der Waals surface area contributed by atoms with E-state index >= 15 is 0 Å². The van der Waals surface area contributed by atoms with Gasteiger partial charge in [0.15, 0.2) is 0 Å². The van der Waals surface area contributed by atoms with Crippen molar-refractivity contribution in [2.45, 2.75) is 81.9 Å². The minimum Gasteiger partial charge on any atom is -0.390 e. The second-order valence-electron chi connectivity index (χ2n) is 13.2. The topological polar surface area (TPSA) is 140 Å². The van der Waals surface area contributed by atoms with Crippen LogP contribution in [0.15, 0.2) is 82.6 Å². The predicted octanol–water partition coefficient (Wildman–Crippen LogP) is 5.09. The van der Waals surface area contributed by atoms with Crippen molar-refractivity contribution in [3.63, 3.8) is 0 Å². The number of aliphatic hydroxyl groups is 1. The SMILES string of the molecule is CC(C)CN(C[C@@H](O)[C@H](Cc1ccccc1)NC(=O)CNC(=O)CNC(C)(C)c1cccc(F)c1)S(=O)(=O)c1ccc2c(c1)SCN2.CCC. The highest BCUT2D eigenvalue weighted by Gasteiger charge is 2.32. The molecule has 0 saturated carbocycles. The van der Waals surface area contributed by atoms with Gasteiger partial charge in [-0.2, -0.15) is 4.31 Å². The second-order valence-corrected chi connectivity index (χ2v) is 16.2. The highest BCUT2D eigenvalue weighted by molar-refractivity contribution is 8.00. The van der Waals surface area contributed by atoms with Crippen LogP contribution in [0.3, 0.4) is 0 Å². The van der Waals surface area contributed by atoms with E-state index in [0.717, 1.165) is 16.1 Å². The van der Waals surface area contributed by atoms with Crippen molar-refractivity contribution in [3.8, 4) is 0 Å². The molecule has 0 unspecified atom stereocenters. The number of thioether (sulfide) groups is 1. The summed E-state index contributed by atoms with van der Waals surface area (Å²) in [6.45, 7) is 11.1. The van der Waals surface area contributed by atoms with E-state index in [1.54, 1.807) is 30.3 Å². The van der Waals surface area contributed by atoms with Crippen LogP contribution in [0.2, 0.25) is 0 Å². The lowest BCUT2D eigenvalue weighted by atomic mass is 9.94. The molecular formula is C37H52FN5O5S2. The Morgan fingerprint density at radius 3 is 2.34 bits per heavy atom. The van der Waals surface area contributed by atoms with Gasteiger partial charge in [0.25, 0.3) is 0 Å². The van der Waals surface area contributed by atoms with Crippen molar-refractivity contribution in [2.75, 3.05) is 37.4 Å². The molecule has 50 heavy (non-hydrogen) atoms. The zero-order valence-corrected chi connectivity index (χ0v) is 31.5. The average molecular weight is 730 g/mol. The summed E-state index contributed by atoms with van der Waals surface area (Å²) < 4.78 is 42.7. The van der Waals surface area contributed by atoms with Gasteiger partial charge in [-0.3, -0.25) is 14.9 Å². The molecule has 1 aliphatic heterocycles. The van der Waals surface area contributed by atoms with E-state index in [1.807, 2.05) is 58.0 Å². The summed E-state index contributed by atoms with van der Waals surface area (Å²) in [6, 6.07) is 19.5. The number of aliphatic hydroxyl groups excluding tert-OH is 1. The third kappa shape index (κ3) is 12.4. The molecule has 0 bridgehead atoms. The maximum absolute atomic E-state index is 13.8. The molecule has 0 aromatic heterocycles. The standard InChI is InChI=1S/C34H44FN5O5S2.C3H8/c1-23(2)20-40(47(44,45)27-13-14-28-31(17-27)46-22-37-28)21-30(41)29(15-24-9-6-5-7-10-24)39-33(43)18-36-32(42)19-38-34(3,4)25-11-8-12-26(35)16-25;1-3-2/h5-14,16-17,23,29-30,37-38,41H,15,18-22H2,1-4H3,(H,36,42)(H,39,43);3H2,1-2H3/t29-,30+;/m0./s1. The van der Waals surface area contributed by atoms with E-state index in [2.05, 4.69) is 35.1 Å². The molecule has 0 spiro atoms. The minimum atomic E-state index is -3.98. The molecular weight excluding hydrogens is 678 g/mol. The van der Waals surface area contributed by atoms with Gasteiger partial charge in [-0.1, -0.05) is 76.6 Å². The first-order valence-corrected chi connectivity index (χ1v) is 19.4. The van der Waals surface area contributed by atoms with Gasteiger partial charge in [0, 0.05) is 29.2 Å². The molecule has 274 valence electrons. The Labute approximate surface area is 301 Å². The number of hydrogen-bond acceptors (Lipinski definition) is 8. The van der Waals surface area contributed by atoms with Crippen LogP contribution >= 0.6 is 11.8 Å². The maximum Gasteiger partial charge on any atom is 0.243 e. The number of anilines is 1. The summed E-state index contributed by atoms with van der Waals surface area (Å²) in [4.78, 5) is 26.7. The second kappa shape index (κ2) is 19.2. The third-order valence-electron chi connectivity index (χ3n) is 7.83. The first kappa shape index (κ1) is 40.9. The smallest absolute Gasteiger partial charge is 0.243 e. The van der Waals surface area contributed by atoms with Crippen LogP contribution in [0.4, 0.5) is 10.1 Å². The van der Waals surface area contributed by atoms with Crippen molar-refractivity contribution >= 4 is 39.3 Å². The van der Waals surface area contributed by atoms with E-state index < -0.39 is 39.5 Å². The fourth-order valence-corrected chi connectivity index (χ4v) is 7.83. The fraction of sp³-hybridized carbons (Fsp3) is 0.459. The Kier molecular flexibility index (Phi) is 15.7. The number of hydrogen-bond donors (Lipinski definition) is 5. The Bertz CT molecular complexity index is 1660. The molecule has 4 rings (SSSR count). The predicted molar refractivity (Wildman–Crippen MR) is 199 cm³/mol. The Morgan fingerprint density at radius 2 is 1.68 bits per heavy atom. The zero-order valence-electron chi connectivity index (χ0n) is 29.8. The lowest BCUT2D eigenvalue weighted by molar-refractivity contribution is -0.126. The number of fused-ring (bicyclic) bond motifs is 1. The number of carbonyl (C=O) groups is 2. The minimum absolute atomic E-state index is 0.0284. The fourth-order valence-electron chi connectivity index (χ4n) is 5.21. The van der Waals surface area contributed by atoms with Crippen LogP contribution in [0.5, 0.6) is 0 Å². The van der Waals surface area contributed by atoms with Crippen molar-refractivity contribution in [1.82, 2.24) is 20.3 Å². The molecule has 1 aliphatic rings. The van der Waals surface area contributed by atoms with Gasteiger partial charge in [0.05, 0.1) is 36.0 Å². The molecule has 0 aliphatic carbocycles. The monoisotopic (exact) mass is 729 g/mol. The summed E-state index contributed by atoms with van der Waals surface area (Å²) in [6.07, 6.45) is 0.226. The van der Waals surface area contributed by atoms with Gasteiger partial charge in [-0.15, -0.1) is 11.8 Å². The van der Waals surface area contributed by atoms with Crippen LogP contribution in [-0.2, 0) is 31.6 Å². The molecule has 13 heteroatoms. The van der Waals surface area contributed by atoms with Gasteiger partial charge in [-0.25, -0.2) is 12.8 Å². The molecule has 0 saturated heterocycles. The van der Waals surface area contributed by atoms with Gasteiger partial charge in [0.2, 0.25) is 21.8 Å². The number of nitrogens with zero attached hydrogens (tertiary/aromatic N) is 1. The normalized spacial score (nSPS) is 13.9. The Hall–Kier alpha value is -3.49. The van der Waals surface area contributed by atoms with Crippen molar-refractivity contribution in [2.24, 2.45) is 5.92 Å². The molecule has 0 radical (unpaired) electrons. The first-order chi connectivity index (χ1) is 23.7.